The van der Waals surface area contributed by atoms with Crippen molar-refractivity contribution in [1.82, 2.24) is 4.57 Å². The summed E-state index contributed by atoms with van der Waals surface area (Å²) in [6.07, 6.45) is 1.93. The molecule has 0 unspecified atom stereocenters. The number of aryl methyl sites for hydroxylation is 2. The quantitative estimate of drug-likeness (QED) is 0.471. The molecule has 0 aliphatic carbocycles. The predicted molar refractivity (Wildman–Crippen MR) is 101 cm³/mol. The molecule has 0 amide bonds. The Balaban J connectivity index is 2.13. The molecule has 0 atom stereocenters. The van der Waals surface area contributed by atoms with E-state index in [1.165, 1.54) is 13.2 Å². The first-order valence-electron chi connectivity index (χ1n) is 8.67. The Morgan fingerprint density at radius 2 is 1.93 bits per heavy atom. The highest BCUT2D eigenvalue weighted by Gasteiger charge is 2.17. The van der Waals surface area contributed by atoms with E-state index in [2.05, 4.69) is 0 Å². The summed E-state index contributed by atoms with van der Waals surface area (Å²) in [4.78, 5) is 12.2. The second kappa shape index (κ2) is 7.80. The number of ether oxygens (including phenoxy) is 3. The Kier molecular flexibility index (Phi) is 5.46. The summed E-state index contributed by atoms with van der Waals surface area (Å²) < 4.78 is 31.6. The topological polar surface area (TPSA) is 49.7 Å². The van der Waals surface area contributed by atoms with Gasteiger partial charge < -0.3 is 18.8 Å². The third kappa shape index (κ3) is 3.66. The number of fused-ring (bicyclic) bond motifs is 1. The van der Waals surface area contributed by atoms with Crippen molar-refractivity contribution >= 4 is 16.9 Å². The number of methoxy groups -OCH3 is 1. The highest BCUT2D eigenvalue weighted by Crippen LogP contribution is 2.30. The minimum absolute atomic E-state index is 0.00483. The summed E-state index contributed by atoms with van der Waals surface area (Å²) in [5.41, 5.74) is 3.44. The molecule has 0 bridgehead atoms. The van der Waals surface area contributed by atoms with Crippen molar-refractivity contribution < 1.29 is 23.4 Å². The van der Waals surface area contributed by atoms with E-state index in [0.717, 1.165) is 22.2 Å². The molecule has 2 aromatic carbocycles. The molecule has 0 saturated carbocycles. The van der Waals surface area contributed by atoms with E-state index in [1.807, 2.05) is 23.8 Å². The van der Waals surface area contributed by atoms with Crippen molar-refractivity contribution in [2.75, 3.05) is 20.5 Å². The number of halogens is 1. The molecule has 0 aliphatic heterocycles. The minimum atomic E-state index is -0.467. The number of hydrogen-bond donors (Lipinski definition) is 0. The fourth-order valence-electron chi connectivity index (χ4n) is 3.01. The Morgan fingerprint density at radius 3 is 2.63 bits per heavy atom. The van der Waals surface area contributed by atoms with Crippen LogP contribution in [0.4, 0.5) is 4.39 Å². The molecular weight excluding hydrogens is 349 g/mol. The van der Waals surface area contributed by atoms with Gasteiger partial charge in [-0.15, -0.1) is 0 Å². The molecule has 5 nitrogen and oxygen atoms in total. The first kappa shape index (κ1) is 18.9. The normalized spacial score (nSPS) is 11.0. The minimum Gasteiger partial charge on any atom is -0.467 e. The lowest BCUT2D eigenvalue weighted by molar-refractivity contribution is 0.0438. The van der Waals surface area contributed by atoms with Gasteiger partial charge >= 0.3 is 5.97 Å². The van der Waals surface area contributed by atoms with Gasteiger partial charge in [-0.3, -0.25) is 0 Å². The van der Waals surface area contributed by atoms with E-state index in [4.69, 9.17) is 14.2 Å². The molecule has 0 spiro atoms. The number of hydrogen-bond acceptors (Lipinski definition) is 4. The highest BCUT2D eigenvalue weighted by molar-refractivity contribution is 5.93. The van der Waals surface area contributed by atoms with Crippen LogP contribution < -0.4 is 4.74 Å². The van der Waals surface area contributed by atoms with Crippen LogP contribution >= 0.6 is 0 Å². The molecule has 1 heterocycles. The molecule has 0 N–H and O–H groups in total. The molecule has 0 fully saturated rings. The monoisotopic (exact) mass is 371 g/mol. The van der Waals surface area contributed by atoms with Crippen LogP contribution in [0.15, 0.2) is 36.5 Å². The van der Waals surface area contributed by atoms with Gasteiger partial charge in [0, 0.05) is 30.4 Å². The van der Waals surface area contributed by atoms with Crippen LogP contribution in [0.2, 0.25) is 0 Å². The van der Waals surface area contributed by atoms with Crippen LogP contribution in [-0.2, 0) is 9.47 Å². The standard InChI is InChI=1S/C21H22FNO4/c1-5-26-21(24)16-7-6-15(9-20(16)27-12-25-4)23-11-14(3)17-8-13(2)18(22)10-19(17)23/h6-11H,5,12H2,1-4H3. The summed E-state index contributed by atoms with van der Waals surface area (Å²) in [6.45, 7) is 5.73. The average molecular weight is 371 g/mol. The van der Waals surface area contributed by atoms with Crippen molar-refractivity contribution in [2.45, 2.75) is 20.8 Å². The van der Waals surface area contributed by atoms with E-state index >= 15 is 0 Å². The second-order valence-electron chi connectivity index (χ2n) is 6.25. The van der Waals surface area contributed by atoms with Gasteiger partial charge in [-0.1, -0.05) is 0 Å². The van der Waals surface area contributed by atoms with E-state index in [9.17, 15) is 9.18 Å². The van der Waals surface area contributed by atoms with Gasteiger partial charge in [-0.05, 0) is 56.2 Å². The van der Waals surface area contributed by atoms with E-state index in [0.29, 0.717) is 16.9 Å². The maximum absolute atomic E-state index is 14.1. The predicted octanol–water partition coefficient (Wildman–Crippen LogP) is 4.55. The maximum Gasteiger partial charge on any atom is 0.341 e. The lowest BCUT2D eigenvalue weighted by Crippen LogP contribution is -2.10. The first-order valence-corrected chi connectivity index (χ1v) is 8.67. The number of carbonyl (C=O) groups excluding carboxylic acids is 1. The van der Waals surface area contributed by atoms with E-state index in [1.54, 1.807) is 32.0 Å². The van der Waals surface area contributed by atoms with Crippen molar-refractivity contribution in [3.8, 4) is 11.4 Å². The van der Waals surface area contributed by atoms with Crippen molar-refractivity contribution in [3.05, 3.63) is 59.0 Å². The van der Waals surface area contributed by atoms with Gasteiger partial charge in [0.15, 0.2) is 6.79 Å². The fraction of sp³-hybridized carbons (Fsp3) is 0.286. The maximum atomic E-state index is 14.1. The van der Waals surface area contributed by atoms with Crippen LogP contribution in [0.1, 0.15) is 28.4 Å². The zero-order valence-corrected chi connectivity index (χ0v) is 15.8. The van der Waals surface area contributed by atoms with Gasteiger partial charge in [0.05, 0.1) is 12.1 Å². The summed E-state index contributed by atoms with van der Waals surface area (Å²) in [7, 11) is 1.50. The van der Waals surface area contributed by atoms with Crippen molar-refractivity contribution in [1.29, 1.82) is 0 Å². The Morgan fingerprint density at radius 1 is 1.15 bits per heavy atom. The van der Waals surface area contributed by atoms with Gasteiger partial charge in [-0.2, -0.15) is 0 Å². The molecule has 0 saturated heterocycles. The molecule has 3 rings (SSSR count). The van der Waals surface area contributed by atoms with Crippen molar-refractivity contribution in [3.63, 3.8) is 0 Å². The van der Waals surface area contributed by atoms with Crippen LogP contribution in [0.3, 0.4) is 0 Å². The molecule has 1 aromatic heterocycles. The smallest absolute Gasteiger partial charge is 0.341 e. The number of benzene rings is 2. The Labute approximate surface area is 157 Å². The van der Waals surface area contributed by atoms with Gasteiger partial charge in [0.25, 0.3) is 0 Å². The third-order valence-electron chi connectivity index (χ3n) is 4.36. The van der Waals surface area contributed by atoms with Crippen LogP contribution in [0.5, 0.6) is 5.75 Å². The third-order valence-corrected chi connectivity index (χ3v) is 4.36. The summed E-state index contributed by atoms with van der Waals surface area (Å²) in [5.74, 6) is -0.383. The largest absolute Gasteiger partial charge is 0.467 e. The van der Waals surface area contributed by atoms with E-state index < -0.39 is 5.97 Å². The Bertz CT molecular complexity index is 994. The fourth-order valence-corrected chi connectivity index (χ4v) is 3.01. The molecule has 142 valence electrons. The van der Waals surface area contributed by atoms with Crippen LogP contribution in [0, 0.1) is 19.7 Å². The molecule has 6 heteroatoms. The molecule has 0 radical (unpaired) electrons. The number of rotatable bonds is 6. The second-order valence-corrected chi connectivity index (χ2v) is 6.25. The highest BCUT2D eigenvalue weighted by atomic mass is 19.1. The molecular formula is C21H22FNO4. The Hall–Kier alpha value is -2.86. The van der Waals surface area contributed by atoms with Crippen LogP contribution in [0.25, 0.3) is 16.6 Å². The average Bonchev–Trinajstić information content (AvgIpc) is 2.96. The zero-order valence-electron chi connectivity index (χ0n) is 15.8. The number of esters is 1. The SMILES string of the molecule is CCOC(=O)c1ccc(-n2cc(C)c3cc(C)c(F)cc32)cc1OCOC. The van der Waals surface area contributed by atoms with Crippen LogP contribution in [-0.4, -0.2) is 31.0 Å². The molecule has 3 aromatic rings. The summed E-state index contributed by atoms with van der Waals surface area (Å²) >= 11 is 0. The number of aromatic nitrogens is 1. The summed E-state index contributed by atoms with van der Waals surface area (Å²) in [5, 5.41) is 0.975. The summed E-state index contributed by atoms with van der Waals surface area (Å²) in [6, 6.07) is 8.51. The number of carbonyl (C=O) groups is 1. The first-order chi connectivity index (χ1) is 13.0. The molecule has 0 aliphatic rings. The lowest BCUT2D eigenvalue weighted by Gasteiger charge is -2.13. The van der Waals surface area contributed by atoms with Gasteiger partial charge in [0.1, 0.15) is 17.1 Å². The zero-order chi connectivity index (χ0) is 19.6. The van der Waals surface area contributed by atoms with Gasteiger partial charge in [0.2, 0.25) is 0 Å². The number of nitrogens with zero attached hydrogens (tertiary/aromatic N) is 1. The lowest BCUT2D eigenvalue weighted by atomic mass is 10.1. The molecule has 27 heavy (non-hydrogen) atoms. The van der Waals surface area contributed by atoms with E-state index in [-0.39, 0.29) is 19.2 Å². The van der Waals surface area contributed by atoms with Gasteiger partial charge in [-0.25, -0.2) is 9.18 Å². The van der Waals surface area contributed by atoms with Crippen molar-refractivity contribution in [2.24, 2.45) is 0 Å².